The number of hydrogen-bond acceptors (Lipinski definition) is 3. The van der Waals surface area contributed by atoms with Gasteiger partial charge in [-0.15, -0.1) is 0 Å². The summed E-state index contributed by atoms with van der Waals surface area (Å²) in [6.07, 6.45) is 1.15. The van der Waals surface area contributed by atoms with Crippen molar-refractivity contribution in [3.8, 4) is 5.88 Å². The molecule has 0 fully saturated rings. The molecule has 17 heavy (non-hydrogen) atoms. The lowest BCUT2D eigenvalue weighted by atomic mass is 10.1. The van der Waals surface area contributed by atoms with Crippen molar-refractivity contribution in [1.29, 1.82) is 0 Å². The zero-order valence-corrected chi connectivity index (χ0v) is 11.4. The van der Waals surface area contributed by atoms with Gasteiger partial charge in [-0.25, -0.2) is 4.98 Å². The Balaban J connectivity index is 2.79. The topological polar surface area (TPSA) is 34.1 Å². The van der Waals surface area contributed by atoms with Gasteiger partial charge in [0.2, 0.25) is 5.88 Å². The highest BCUT2D eigenvalue weighted by Crippen LogP contribution is 2.19. The van der Waals surface area contributed by atoms with Crippen LogP contribution in [0, 0.1) is 0 Å². The number of ether oxygens (including phenoxy) is 1. The molecule has 0 radical (unpaired) electrons. The van der Waals surface area contributed by atoms with E-state index in [-0.39, 0.29) is 0 Å². The highest BCUT2D eigenvalue weighted by atomic mass is 16.5. The van der Waals surface area contributed by atoms with Crippen molar-refractivity contribution in [2.45, 2.75) is 46.6 Å². The SMILES string of the molecule is CCCNCc1cc(OCC)nc(C(C)C)c1. The standard InChI is InChI=1S/C14H24N2O/c1-5-7-15-10-12-8-13(11(3)4)16-14(9-12)17-6-2/h8-9,11,15H,5-7,10H2,1-4H3. The molecule has 0 aromatic carbocycles. The Kier molecular flexibility index (Phi) is 5.98. The van der Waals surface area contributed by atoms with Crippen LogP contribution in [0.2, 0.25) is 0 Å². The van der Waals surface area contributed by atoms with Crippen LogP contribution in [0.5, 0.6) is 5.88 Å². The fourth-order valence-electron chi connectivity index (χ4n) is 1.61. The summed E-state index contributed by atoms with van der Waals surface area (Å²) in [5.74, 6) is 1.17. The largest absolute Gasteiger partial charge is 0.478 e. The van der Waals surface area contributed by atoms with Crippen LogP contribution in [0.25, 0.3) is 0 Å². The molecule has 0 saturated heterocycles. The molecule has 0 aliphatic carbocycles. The van der Waals surface area contributed by atoms with E-state index in [1.165, 1.54) is 5.56 Å². The van der Waals surface area contributed by atoms with Gasteiger partial charge in [0.25, 0.3) is 0 Å². The van der Waals surface area contributed by atoms with Crippen LogP contribution in [0.15, 0.2) is 12.1 Å². The van der Waals surface area contributed by atoms with Gasteiger partial charge in [0.05, 0.1) is 6.61 Å². The molecule has 1 aromatic rings. The van der Waals surface area contributed by atoms with Crippen LogP contribution in [0.4, 0.5) is 0 Å². The van der Waals surface area contributed by atoms with Gasteiger partial charge in [-0.1, -0.05) is 20.8 Å². The summed E-state index contributed by atoms with van der Waals surface area (Å²) in [6, 6.07) is 4.19. The molecule has 0 unspecified atom stereocenters. The first kappa shape index (κ1) is 14.0. The van der Waals surface area contributed by atoms with Gasteiger partial charge in [0, 0.05) is 18.3 Å². The summed E-state index contributed by atoms with van der Waals surface area (Å²) in [5, 5.41) is 3.40. The second-order valence-electron chi connectivity index (χ2n) is 4.50. The molecular weight excluding hydrogens is 212 g/mol. The molecule has 0 bridgehead atoms. The van der Waals surface area contributed by atoms with E-state index in [4.69, 9.17) is 4.74 Å². The third-order valence-corrected chi connectivity index (χ3v) is 2.52. The van der Waals surface area contributed by atoms with Crippen LogP contribution in [-0.4, -0.2) is 18.1 Å². The Morgan fingerprint density at radius 1 is 1.29 bits per heavy atom. The van der Waals surface area contributed by atoms with E-state index in [1.807, 2.05) is 13.0 Å². The van der Waals surface area contributed by atoms with Gasteiger partial charge in [0.15, 0.2) is 0 Å². The second-order valence-corrected chi connectivity index (χ2v) is 4.50. The summed E-state index contributed by atoms with van der Waals surface area (Å²) in [5.41, 5.74) is 2.35. The summed E-state index contributed by atoms with van der Waals surface area (Å²) < 4.78 is 5.50. The number of nitrogens with one attached hydrogen (secondary N) is 1. The fourth-order valence-corrected chi connectivity index (χ4v) is 1.61. The van der Waals surface area contributed by atoms with Crippen LogP contribution < -0.4 is 10.1 Å². The molecule has 0 aliphatic rings. The normalized spacial score (nSPS) is 10.9. The molecule has 0 saturated carbocycles. The predicted molar refractivity (Wildman–Crippen MR) is 71.5 cm³/mol. The lowest BCUT2D eigenvalue weighted by molar-refractivity contribution is 0.325. The van der Waals surface area contributed by atoms with Gasteiger partial charge in [-0.3, -0.25) is 0 Å². The van der Waals surface area contributed by atoms with Crippen LogP contribution in [-0.2, 0) is 6.54 Å². The zero-order valence-electron chi connectivity index (χ0n) is 11.4. The number of aromatic nitrogens is 1. The molecule has 1 N–H and O–H groups in total. The molecule has 0 aliphatic heterocycles. The maximum Gasteiger partial charge on any atom is 0.213 e. The molecule has 1 heterocycles. The number of nitrogens with zero attached hydrogens (tertiary/aromatic N) is 1. The van der Waals surface area contributed by atoms with Crippen molar-refractivity contribution >= 4 is 0 Å². The van der Waals surface area contributed by atoms with Crippen molar-refractivity contribution in [2.24, 2.45) is 0 Å². The lowest BCUT2D eigenvalue weighted by Gasteiger charge is -2.11. The van der Waals surface area contributed by atoms with E-state index in [1.54, 1.807) is 0 Å². The molecule has 1 aromatic heterocycles. The highest BCUT2D eigenvalue weighted by Gasteiger charge is 2.06. The molecular formula is C14H24N2O. The molecule has 3 heteroatoms. The first-order valence-corrected chi connectivity index (χ1v) is 6.51. The van der Waals surface area contributed by atoms with E-state index >= 15 is 0 Å². The predicted octanol–water partition coefficient (Wildman–Crippen LogP) is 3.10. The van der Waals surface area contributed by atoms with E-state index < -0.39 is 0 Å². The first-order valence-electron chi connectivity index (χ1n) is 6.51. The van der Waals surface area contributed by atoms with Crippen molar-refractivity contribution < 1.29 is 4.74 Å². The Morgan fingerprint density at radius 2 is 2.06 bits per heavy atom. The van der Waals surface area contributed by atoms with Crippen molar-refractivity contribution in [2.75, 3.05) is 13.2 Å². The van der Waals surface area contributed by atoms with Crippen LogP contribution >= 0.6 is 0 Å². The van der Waals surface area contributed by atoms with E-state index in [0.29, 0.717) is 12.5 Å². The summed E-state index contributed by atoms with van der Waals surface area (Å²) >= 11 is 0. The molecule has 0 atom stereocenters. The minimum absolute atomic E-state index is 0.431. The third-order valence-electron chi connectivity index (χ3n) is 2.52. The van der Waals surface area contributed by atoms with Crippen molar-refractivity contribution in [1.82, 2.24) is 10.3 Å². The van der Waals surface area contributed by atoms with E-state index in [0.717, 1.165) is 31.1 Å². The van der Waals surface area contributed by atoms with E-state index in [2.05, 4.69) is 37.1 Å². The second kappa shape index (κ2) is 7.28. The van der Waals surface area contributed by atoms with Crippen LogP contribution in [0.1, 0.15) is 51.3 Å². The fraction of sp³-hybridized carbons (Fsp3) is 0.643. The van der Waals surface area contributed by atoms with Gasteiger partial charge in [0.1, 0.15) is 0 Å². The Hall–Kier alpha value is -1.09. The van der Waals surface area contributed by atoms with Gasteiger partial charge < -0.3 is 10.1 Å². The minimum atomic E-state index is 0.431. The van der Waals surface area contributed by atoms with Crippen molar-refractivity contribution in [3.63, 3.8) is 0 Å². The molecule has 0 amide bonds. The Labute approximate surface area is 105 Å². The average molecular weight is 236 g/mol. The van der Waals surface area contributed by atoms with Gasteiger partial charge in [-0.05, 0) is 37.4 Å². The monoisotopic (exact) mass is 236 g/mol. The maximum atomic E-state index is 5.50. The zero-order chi connectivity index (χ0) is 12.7. The van der Waals surface area contributed by atoms with Gasteiger partial charge in [-0.2, -0.15) is 0 Å². The van der Waals surface area contributed by atoms with E-state index in [9.17, 15) is 0 Å². The molecule has 1 rings (SSSR count). The number of hydrogen-bond donors (Lipinski definition) is 1. The Bertz CT molecular complexity index is 337. The van der Waals surface area contributed by atoms with Gasteiger partial charge >= 0.3 is 0 Å². The average Bonchev–Trinajstić information content (AvgIpc) is 2.29. The lowest BCUT2D eigenvalue weighted by Crippen LogP contribution is -2.14. The van der Waals surface area contributed by atoms with Crippen LogP contribution in [0.3, 0.4) is 0 Å². The minimum Gasteiger partial charge on any atom is -0.478 e. The molecule has 3 nitrogen and oxygen atoms in total. The molecule has 0 spiro atoms. The quantitative estimate of drug-likeness (QED) is 0.739. The first-order chi connectivity index (χ1) is 8.17. The number of rotatable bonds is 7. The highest BCUT2D eigenvalue weighted by molar-refractivity contribution is 5.26. The molecule has 96 valence electrons. The summed E-state index contributed by atoms with van der Waals surface area (Å²) in [7, 11) is 0. The summed E-state index contributed by atoms with van der Waals surface area (Å²) in [6.45, 7) is 11.1. The third kappa shape index (κ3) is 4.73. The maximum absolute atomic E-state index is 5.50. The Morgan fingerprint density at radius 3 is 2.65 bits per heavy atom. The number of pyridine rings is 1. The smallest absolute Gasteiger partial charge is 0.213 e. The summed E-state index contributed by atoms with van der Waals surface area (Å²) in [4.78, 5) is 4.50. The van der Waals surface area contributed by atoms with Crippen molar-refractivity contribution in [3.05, 3.63) is 23.4 Å².